The molecule has 222 valence electrons. The van der Waals surface area contributed by atoms with E-state index >= 15 is 0 Å². The van der Waals surface area contributed by atoms with Crippen LogP contribution >= 0.6 is 0 Å². The molecule has 0 bridgehead atoms. The third-order valence-corrected chi connectivity index (χ3v) is 7.38. The standard InChI is InChI=1S/C27H32F3N5O5S/c1-16(2)14-32-21-12-9-18(27(28,29)30)13-20(21)26(38)33-15-24(36)34-22-5-3-4-6-23(22)35-25(37)17-7-10-19(11-8-17)41(31,39)40/h7-13,22-23,32H,1,3-6,14-15H2,2H3,(H,33,38)(H,34,36)(H,35,37)(H2,31,39,40)/t22-,23+/m1/s1. The van der Waals surface area contributed by atoms with Crippen LogP contribution in [0.5, 0.6) is 0 Å². The van der Waals surface area contributed by atoms with Crippen molar-refractivity contribution < 1.29 is 36.0 Å². The van der Waals surface area contributed by atoms with Gasteiger partial charge in [-0.3, -0.25) is 14.4 Å². The second kappa shape index (κ2) is 13.2. The summed E-state index contributed by atoms with van der Waals surface area (Å²) in [7, 11) is -3.91. The molecule has 14 heteroatoms. The number of sulfonamides is 1. The molecule has 0 aromatic heterocycles. The Bertz CT molecular complexity index is 1410. The molecule has 1 aliphatic carbocycles. The minimum atomic E-state index is -4.66. The van der Waals surface area contributed by atoms with Gasteiger partial charge in [-0.25, -0.2) is 13.6 Å². The Morgan fingerprint density at radius 3 is 2.12 bits per heavy atom. The molecule has 3 rings (SSSR count). The zero-order valence-corrected chi connectivity index (χ0v) is 23.1. The van der Waals surface area contributed by atoms with Gasteiger partial charge in [0.2, 0.25) is 15.9 Å². The van der Waals surface area contributed by atoms with Crippen molar-refractivity contribution in [1.82, 2.24) is 16.0 Å². The van der Waals surface area contributed by atoms with Crippen molar-refractivity contribution in [2.45, 2.75) is 55.8 Å². The van der Waals surface area contributed by atoms with E-state index in [0.717, 1.165) is 31.0 Å². The quantitative estimate of drug-likeness (QED) is 0.266. The number of rotatable bonds is 10. The number of nitrogens with one attached hydrogen (secondary N) is 4. The monoisotopic (exact) mass is 595 g/mol. The highest BCUT2D eigenvalue weighted by molar-refractivity contribution is 7.89. The van der Waals surface area contributed by atoms with E-state index in [2.05, 4.69) is 27.8 Å². The van der Waals surface area contributed by atoms with Gasteiger partial charge in [-0.1, -0.05) is 25.0 Å². The average molecular weight is 596 g/mol. The molecule has 6 N–H and O–H groups in total. The first-order valence-corrected chi connectivity index (χ1v) is 14.3. The topological polar surface area (TPSA) is 159 Å². The Kier molecular flexibility index (Phi) is 10.2. The van der Waals surface area contributed by atoms with E-state index in [1.807, 2.05) is 0 Å². The van der Waals surface area contributed by atoms with Gasteiger partial charge in [-0.05, 0) is 62.2 Å². The molecule has 0 spiro atoms. The molecule has 0 saturated heterocycles. The van der Waals surface area contributed by atoms with Gasteiger partial charge < -0.3 is 21.3 Å². The van der Waals surface area contributed by atoms with Crippen molar-refractivity contribution in [3.8, 4) is 0 Å². The number of amides is 3. The van der Waals surface area contributed by atoms with Gasteiger partial charge in [0.05, 0.1) is 22.6 Å². The summed E-state index contributed by atoms with van der Waals surface area (Å²) < 4.78 is 62.7. The van der Waals surface area contributed by atoms with Gasteiger partial charge in [0, 0.05) is 29.9 Å². The molecule has 0 unspecified atom stereocenters. The van der Waals surface area contributed by atoms with Gasteiger partial charge in [0.15, 0.2) is 0 Å². The summed E-state index contributed by atoms with van der Waals surface area (Å²) in [4.78, 5) is 38.1. The Morgan fingerprint density at radius 2 is 1.56 bits per heavy atom. The van der Waals surface area contributed by atoms with E-state index in [1.165, 1.54) is 24.3 Å². The minimum absolute atomic E-state index is 0.136. The molecular weight excluding hydrogens is 563 g/mol. The van der Waals surface area contributed by atoms with Crippen LogP contribution in [0.4, 0.5) is 18.9 Å². The average Bonchev–Trinajstić information content (AvgIpc) is 2.90. The Morgan fingerprint density at radius 1 is 0.951 bits per heavy atom. The summed E-state index contributed by atoms with van der Waals surface area (Å²) >= 11 is 0. The molecule has 10 nitrogen and oxygen atoms in total. The minimum Gasteiger partial charge on any atom is -0.381 e. The molecule has 1 fully saturated rings. The fraction of sp³-hybridized carbons (Fsp3) is 0.370. The molecule has 0 heterocycles. The van der Waals surface area contributed by atoms with E-state index in [0.29, 0.717) is 18.4 Å². The van der Waals surface area contributed by atoms with Crippen molar-refractivity contribution in [1.29, 1.82) is 0 Å². The number of carbonyl (C=O) groups excluding carboxylic acids is 3. The lowest BCUT2D eigenvalue weighted by Crippen LogP contribution is -2.54. The number of halogens is 3. The first-order valence-electron chi connectivity index (χ1n) is 12.8. The molecule has 2 atom stereocenters. The van der Waals surface area contributed by atoms with Gasteiger partial charge in [0.1, 0.15) is 0 Å². The second-order valence-electron chi connectivity index (χ2n) is 9.86. The first-order chi connectivity index (χ1) is 19.1. The third kappa shape index (κ3) is 9.05. The van der Waals surface area contributed by atoms with Crippen LogP contribution in [0.1, 0.15) is 58.9 Å². The summed E-state index contributed by atoms with van der Waals surface area (Å²) in [5, 5.41) is 15.9. The van der Waals surface area contributed by atoms with Gasteiger partial charge in [-0.15, -0.1) is 0 Å². The van der Waals surface area contributed by atoms with Crippen LogP contribution in [-0.2, 0) is 21.0 Å². The van der Waals surface area contributed by atoms with E-state index in [9.17, 15) is 36.0 Å². The van der Waals surface area contributed by atoms with Gasteiger partial charge in [0.25, 0.3) is 11.8 Å². The van der Waals surface area contributed by atoms with Crippen molar-refractivity contribution in [3.63, 3.8) is 0 Å². The van der Waals surface area contributed by atoms with E-state index in [4.69, 9.17) is 5.14 Å². The van der Waals surface area contributed by atoms with Crippen molar-refractivity contribution in [2.75, 3.05) is 18.4 Å². The van der Waals surface area contributed by atoms with Crippen LogP contribution in [-0.4, -0.2) is 51.3 Å². The lowest BCUT2D eigenvalue weighted by Gasteiger charge is -2.33. The van der Waals surface area contributed by atoms with Crippen molar-refractivity contribution >= 4 is 33.4 Å². The molecule has 2 aromatic carbocycles. The highest BCUT2D eigenvalue weighted by Gasteiger charge is 2.32. The summed E-state index contributed by atoms with van der Waals surface area (Å²) in [5.41, 5.74) is -0.216. The molecule has 1 saturated carbocycles. The lowest BCUT2D eigenvalue weighted by atomic mass is 9.90. The number of alkyl halides is 3. The Labute approximate surface area is 236 Å². The van der Waals surface area contributed by atoms with Crippen LogP contribution in [0.3, 0.4) is 0 Å². The molecule has 2 aromatic rings. The smallest absolute Gasteiger partial charge is 0.381 e. The summed E-state index contributed by atoms with van der Waals surface area (Å²) in [5.74, 6) is -1.91. The SMILES string of the molecule is C=C(C)CNc1ccc(C(F)(F)F)cc1C(=O)NCC(=O)N[C@@H]1CCCC[C@@H]1NC(=O)c1ccc(S(N)(=O)=O)cc1. The van der Waals surface area contributed by atoms with Crippen LogP contribution in [0, 0.1) is 0 Å². The maximum absolute atomic E-state index is 13.3. The second-order valence-corrected chi connectivity index (χ2v) is 11.4. The number of anilines is 1. The zero-order valence-electron chi connectivity index (χ0n) is 22.3. The summed E-state index contributed by atoms with van der Waals surface area (Å²) in [6.07, 6.45) is -1.95. The normalized spacial score (nSPS) is 17.3. The summed E-state index contributed by atoms with van der Waals surface area (Å²) in [6, 6.07) is 6.93. The Balaban J connectivity index is 1.63. The molecule has 41 heavy (non-hydrogen) atoms. The van der Waals surface area contributed by atoms with E-state index in [-0.39, 0.29) is 28.3 Å². The highest BCUT2D eigenvalue weighted by Crippen LogP contribution is 2.32. The number of hydrogen-bond acceptors (Lipinski definition) is 6. The van der Waals surface area contributed by atoms with Crippen LogP contribution in [0.2, 0.25) is 0 Å². The Hall–Kier alpha value is -3.91. The molecular formula is C27H32F3N5O5S. The maximum Gasteiger partial charge on any atom is 0.416 e. The number of nitrogens with two attached hydrogens (primary N) is 1. The van der Waals surface area contributed by atoms with Gasteiger partial charge in [-0.2, -0.15) is 13.2 Å². The highest BCUT2D eigenvalue weighted by atomic mass is 32.2. The molecule has 3 amide bonds. The fourth-order valence-electron chi connectivity index (χ4n) is 4.35. The molecule has 0 aliphatic heterocycles. The molecule has 0 radical (unpaired) electrons. The number of benzene rings is 2. The van der Waals surface area contributed by atoms with E-state index in [1.54, 1.807) is 6.92 Å². The van der Waals surface area contributed by atoms with Gasteiger partial charge >= 0.3 is 6.18 Å². The lowest BCUT2D eigenvalue weighted by molar-refractivity contribution is -0.137. The number of primary sulfonamides is 1. The predicted molar refractivity (Wildman–Crippen MR) is 147 cm³/mol. The largest absolute Gasteiger partial charge is 0.416 e. The molecule has 1 aliphatic rings. The summed E-state index contributed by atoms with van der Waals surface area (Å²) in [6.45, 7) is 5.17. The number of hydrogen-bond donors (Lipinski definition) is 5. The van der Waals surface area contributed by atoms with Crippen LogP contribution in [0.25, 0.3) is 0 Å². The van der Waals surface area contributed by atoms with Crippen LogP contribution in [0.15, 0.2) is 59.5 Å². The predicted octanol–water partition coefficient (Wildman–Crippen LogP) is 2.93. The van der Waals surface area contributed by atoms with E-state index < -0.39 is 58.1 Å². The van der Waals surface area contributed by atoms with Crippen molar-refractivity contribution in [2.24, 2.45) is 5.14 Å². The first kappa shape index (κ1) is 31.6. The van der Waals surface area contributed by atoms with Crippen LogP contribution < -0.4 is 26.4 Å². The third-order valence-electron chi connectivity index (χ3n) is 6.46. The van der Waals surface area contributed by atoms with Crippen molar-refractivity contribution in [3.05, 3.63) is 71.3 Å². The number of carbonyl (C=O) groups is 3. The fourth-order valence-corrected chi connectivity index (χ4v) is 4.86. The zero-order chi connectivity index (χ0) is 30.4. The maximum atomic E-state index is 13.3.